The zero-order valence-corrected chi connectivity index (χ0v) is 15.4. The summed E-state index contributed by atoms with van der Waals surface area (Å²) in [6.07, 6.45) is 2.44. The summed E-state index contributed by atoms with van der Waals surface area (Å²) in [5, 5.41) is 17.7. The van der Waals surface area contributed by atoms with Crippen LogP contribution in [0.2, 0.25) is 10.0 Å². The third kappa shape index (κ3) is 4.69. The summed E-state index contributed by atoms with van der Waals surface area (Å²) in [7, 11) is -3.50. The Kier molecular flexibility index (Phi) is 5.86. The molecule has 0 atom stereocenters. The van der Waals surface area contributed by atoms with Crippen molar-refractivity contribution in [2.24, 2.45) is 0 Å². The molecule has 2 aromatic rings. The number of aromatic nitrogens is 1. The summed E-state index contributed by atoms with van der Waals surface area (Å²) in [6, 6.07) is 2.59. The van der Waals surface area contributed by atoms with Crippen molar-refractivity contribution in [2.45, 2.75) is 4.21 Å². The molecule has 24 heavy (non-hydrogen) atoms. The highest BCUT2D eigenvalue weighted by molar-refractivity contribution is 7.92. The van der Waals surface area contributed by atoms with Crippen LogP contribution < -0.4 is 10.6 Å². The third-order valence-corrected chi connectivity index (χ3v) is 6.14. The van der Waals surface area contributed by atoms with E-state index >= 15 is 0 Å². The van der Waals surface area contributed by atoms with Gasteiger partial charge in [0.1, 0.15) is 10.0 Å². The van der Waals surface area contributed by atoms with Crippen LogP contribution in [0.3, 0.4) is 0 Å². The molecule has 0 saturated carbocycles. The number of halogens is 2. The number of nitrogens with one attached hydrogen (secondary N) is 2. The average molecular weight is 411 g/mol. The number of nitrogens with zero attached hydrogens (tertiary/aromatic N) is 2. The maximum Gasteiger partial charge on any atom is 0.304 e. The highest BCUT2D eigenvalue weighted by atomic mass is 35.5. The van der Waals surface area contributed by atoms with Crippen molar-refractivity contribution in [3.63, 3.8) is 0 Å². The summed E-state index contributed by atoms with van der Waals surface area (Å²) < 4.78 is 23.0. The number of hydrogen-bond acceptors (Lipinski definition) is 8. The normalized spacial score (nSPS) is 11.3. The largest absolute Gasteiger partial charge is 0.369 e. The number of rotatable bonds is 7. The van der Waals surface area contributed by atoms with E-state index in [0.29, 0.717) is 29.0 Å². The van der Waals surface area contributed by atoms with Crippen LogP contribution >= 0.6 is 34.5 Å². The van der Waals surface area contributed by atoms with Gasteiger partial charge < -0.3 is 10.6 Å². The topological polar surface area (TPSA) is 114 Å². The molecular formula is C12H12Cl2N4O4S2. The number of anilines is 2. The number of nitro groups is 1. The lowest BCUT2D eigenvalue weighted by molar-refractivity contribution is -0.383. The molecule has 0 aliphatic heterocycles. The second-order valence-corrected chi connectivity index (χ2v) is 8.79. The Morgan fingerprint density at radius 2 is 1.96 bits per heavy atom. The molecule has 0 spiro atoms. The summed E-state index contributed by atoms with van der Waals surface area (Å²) in [5.41, 5.74) is -0.275. The zero-order valence-electron chi connectivity index (χ0n) is 12.2. The number of pyridine rings is 1. The lowest BCUT2D eigenvalue weighted by Gasteiger charge is -2.08. The number of thiophene rings is 1. The van der Waals surface area contributed by atoms with E-state index in [0.717, 1.165) is 23.7 Å². The van der Waals surface area contributed by atoms with E-state index in [4.69, 9.17) is 23.2 Å². The van der Waals surface area contributed by atoms with E-state index in [1.807, 2.05) is 0 Å². The molecule has 0 aliphatic carbocycles. The predicted molar refractivity (Wildman–Crippen MR) is 95.3 cm³/mol. The Bertz CT molecular complexity index is 870. The molecule has 0 aliphatic rings. The van der Waals surface area contributed by atoms with E-state index in [1.165, 1.54) is 12.3 Å². The van der Waals surface area contributed by atoms with Gasteiger partial charge >= 0.3 is 5.69 Å². The number of hydrogen-bond donors (Lipinski definition) is 2. The van der Waals surface area contributed by atoms with Crippen molar-refractivity contribution in [1.82, 2.24) is 4.98 Å². The Morgan fingerprint density at radius 1 is 1.29 bits per heavy atom. The van der Waals surface area contributed by atoms with E-state index < -0.39 is 14.8 Å². The van der Waals surface area contributed by atoms with E-state index in [2.05, 4.69) is 15.6 Å². The van der Waals surface area contributed by atoms with Gasteiger partial charge in [0.05, 0.1) is 15.0 Å². The van der Waals surface area contributed by atoms with Gasteiger partial charge in [0.2, 0.25) is 0 Å². The molecule has 0 radical (unpaired) electrons. The summed E-state index contributed by atoms with van der Waals surface area (Å²) in [6.45, 7) is 0.656. The average Bonchev–Trinajstić information content (AvgIpc) is 2.90. The quantitative estimate of drug-likeness (QED) is 0.408. The van der Waals surface area contributed by atoms with Crippen molar-refractivity contribution < 1.29 is 13.3 Å². The third-order valence-electron chi connectivity index (χ3n) is 2.76. The Hall–Kier alpha value is -1.62. The molecule has 2 N–H and O–H groups in total. The first-order valence-corrected chi connectivity index (χ1v) is 9.92. The minimum Gasteiger partial charge on any atom is -0.369 e. The minimum atomic E-state index is -3.50. The van der Waals surface area contributed by atoms with Crippen LogP contribution in [0.5, 0.6) is 0 Å². The van der Waals surface area contributed by atoms with Crippen molar-refractivity contribution in [2.75, 3.05) is 30.0 Å². The van der Waals surface area contributed by atoms with Gasteiger partial charge in [-0.15, -0.1) is 0 Å². The van der Waals surface area contributed by atoms with Gasteiger partial charge in [0.25, 0.3) is 0 Å². The lowest BCUT2D eigenvalue weighted by atomic mass is 10.4. The Balaban J connectivity index is 2.01. The van der Waals surface area contributed by atoms with Crippen molar-refractivity contribution in [3.8, 4) is 0 Å². The zero-order chi connectivity index (χ0) is 17.9. The summed E-state index contributed by atoms with van der Waals surface area (Å²) >= 11 is 12.5. The molecule has 0 aromatic carbocycles. The fraction of sp³-hybridized carbons (Fsp3) is 0.250. The Labute approximate surface area is 151 Å². The van der Waals surface area contributed by atoms with Crippen LogP contribution in [-0.4, -0.2) is 37.7 Å². The SMILES string of the molecule is CS(=O)(=O)c1cc([N+](=O)[O-])c(NCCNc2ncc(Cl)cc2Cl)s1. The minimum absolute atomic E-state index is 0.0629. The molecule has 0 bridgehead atoms. The van der Waals surface area contributed by atoms with E-state index in [-0.39, 0.29) is 14.9 Å². The maximum atomic E-state index is 11.5. The molecule has 12 heteroatoms. The van der Waals surface area contributed by atoms with Crippen LogP contribution in [0.1, 0.15) is 0 Å². The van der Waals surface area contributed by atoms with Crippen molar-refractivity contribution in [1.29, 1.82) is 0 Å². The molecular weight excluding hydrogens is 399 g/mol. The van der Waals surface area contributed by atoms with E-state index in [1.54, 1.807) is 0 Å². The molecule has 2 heterocycles. The Morgan fingerprint density at radius 3 is 2.54 bits per heavy atom. The van der Waals surface area contributed by atoms with Crippen LogP contribution in [0.15, 0.2) is 22.5 Å². The maximum absolute atomic E-state index is 11.5. The van der Waals surface area contributed by atoms with Gasteiger partial charge in [-0.25, -0.2) is 13.4 Å². The fourth-order valence-corrected chi connectivity index (χ4v) is 4.12. The van der Waals surface area contributed by atoms with Crippen LogP contribution in [-0.2, 0) is 9.84 Å². The van der Waals surface area contributed by atoms with Crippen molar-refractivity contribution >= 4 is 60.9 Å². The molecule has 0 fully saturated rings. The molecule has 8 nitrogen and oxygen atoms in total. The molecule has 2 rings (SSSR count). The molecule has 2 aromatic heterocycles. The highest BCUT2D eigenvalue weighted by Gasteiger charge is 2.23. The monoisotopic (exact) mass is 410 g/mol. The first-order chi connectivity index (χ1) is 11.2. The second kappa shape index (κ2) is 7.51. The molecule has 0 saturated heterocycles. The van der Waals surface area contributed by atoms with Gasteiger partial charge in [-0.2, -0.15) is 0 Å². The van der Waals surface area contributed by atoms with Gasteiger partial charge in [-0.05, 0) is 6.07 Å². The van der Waals surface area contributed by atoms with Gasteiger partial charge in [-0.3, -0.25) is 10.1 Å². The highest BCUT2D eigenvalue weighted by Crippen LogP contribution is 2.36. The first-order valence-electron chi connectivity index (χ1n) is 6.45. The summed E-state index contributed by atoms with van der Waals surface area (Å²) in [5.74, 6) is 0.431. The van der Waals surface area contributed by atoms with Crippen LogP contribution in [0, 0.1) is 10.1 Å². The molecule has 130 valence electrons. The van der Waals surface area contributed by atoms with Crippen molar-refractivity contribution in [3.05, 3.63) is 38.5 Å². The van der Waals surface area contributed by atoms with Crippen LogP contribution in [0.4, 0.5) is 16.5 Å². The lowest BCUT2D eigenvalue weighted by Crippen LogP contribution is -2.14. The first kappa shape index (κ1) is 18.7. The van der Waals surface area contributed by atoms with Gasteiger partial charge in [0.15, 0.2) is 14.8 Å². The standard InChI is InChI=1S/C12H12Cl2N4O4S2/c1-24(21,22)10-5-9(18(19)20)12(23-10)16-3-2-15-11-8(14)4-7(13)6-17-11/h4-6,16H,2-3H2,1H3,(H,15,17). The molecule has 0 unspecified atom stereocenters. The fourth-order valence-electron chi connectivity index (χ4n) is 1.71. The number of sulfone groups is 1. The molecule has 0 amide bonds. The summed E-state index contributed by atoms with van der Waals surface area (Å²) in [4.78, 5) is 14.4. The smallest absolute Gasteiger partial charge is 0.304 e. The predicted octanol–water partition coefficient (Wildman–Crippen LogP) is 3.29. The van der Waals surface area contributed by atoms with Gasteiger partial charge in [-0.1, -0.05) is 34.5 Å². The van der Waals surface area contributed by atoms with Gasteiger partial charge in [0, 0.05) is 31.6 Å². The second-order valence-electron chi connectivity index (χ2n) is 4.65. The van der Waals surface area contributed by atoms with Crippen LogP contribution in [0.25, 0.3) is 0 Å². The van der Waals surface area contributed by atoms with E-state index in [9.17, 15) is 18.5 Å².